The van der Waals surface area contributed by atoms with Gasteiger partial charge in [-0.05, 0) is 105 Å². The van der Waals surface area contributed by atoms with Gasteiger partial charge in [-0.1, -0.05) is 33.6 Å². The highest BCUT2D eigenvalue weighted by molar-refractivity contribution is 5.73. The second-order valence-corrected chi connectivity index (χ2v) is 11.3. The van der Waals surface area contributed by atoms with Crippen molar-refractivity contribution < 1.29 is 4.79 Å². The molecule has 0 spiro atoms. The summed E-state index contributed by atoms with van der Waals surface area (Å²) in [5.74, 6) is 4.96. The van der Waals surface area contributed by atoms with Gasteiger partial charge in [0, 0.05) is 13.0 Å². The lowest BCUT2D eigenvalue weighted by atomic mass is 9.44. The van der Waals surface area contributed by atoms with Crippen molar-refractivity contribution in [3.05, 3.63) is 0 Å². The van der Waals surface area contributed by atoms with E-state index in [1.54, 1.807) is 6.92 Å². The fourth-order valence-electron chi connectivity index (χ4n) is 8.71. The average Bonchev–Trinajstić information content (AvgIpc) is 2.96. The number of hydrogen-bond acceptors (Lipinski definition) is 1. The number of fused-ring (bicyclic) bond motifs is 5. The Bertz CT molecular complexity index is 559. The van der Waals surface area contributed by atoms with Crippen LogP contribution in [0.25, 0.3) is 0 Å². The Morgan fingerprint density at radius 2 is 1.70 bits per heavy atom. The molecule has 4 aliphatic carbocycles. The first-order valence-electron chi connectivity index (χ1n) is 12.2. The maximum Gasteiger partial charge on any atom is 0.217 e. The van der Waals surface area contributed by atoms with Crippen molar-refractivity contribution in [2.45, 2.75) is 111 Å². The van der Waals surface area contributed by atoms with Crippen molar-refractivity contribution in [3.8, 4) is 0 Å². The normalized spacial score (nSPS) is 49.0. The average molecular weight is 374 g/mol. The highest BCUT2D eigenvalue weighted by Gasteiger charge is 2.59. The molecule has 4 rings (SSSR count). The first-order chi connectivity index (χ1) is 12.9. The highest BCUT2D eigenvalue weighted by Crippen LogP contribution is 2.67. The number of hydrogen-bond donors (Lipinski definition) is 1. The molecule has 1 N–H and O–H groups in total. The summed E-state index contributed by atoms with van der Waals surface area (Å²) < 4.78 is 0. The van der Waals surface area contributed by atoms with E-state index in [9.17, 15) is 4.79 Å². The summed E-state index contributed by atoms with van der Waals surface area (Å²) in [6.45, 7) is 9.36. The van der Waals surface area contributed by atoms with Gasteiger partial charge in [0.15, 0.2) is 0 Å². The molecule has 0 radical (unpaired) electrons. The van der Waals surface area contributed by atoms with Crippen LogP contribution >= 0.6 is 0 Å². The van der Waals surface area contributed by atoms with Crippen LogP contribution in [0.5, 0.6) is 0 Å². The molecule has 4 aliphatic rings. The minimum Gasteiger partial charge on any atom is -0.354 e. The summed E-state index contributed by atoms with van der Waals surface area (Å²) in [6.07, 6.45) is 16.9. The third kappa shape index (κ3) is 3.27. The molecular weight excluding hydrogens is 330 g/mol. The zero-order chi connectivity index (χ0) is 19.2. The maximum atomic E-state index is 11.5. The molecule has 8 atom stereocenters. The molecule has 4 fully saturated rings. The van der Waals surface area contributed by atoms with Crippen LogP contribution in [0.1, 0.15) is 105 Å². The number of carbonyl (C=O) groups is 1. The fourth-order valence-corrected chi connectivity index (χ4v) is 8.71. The Hall–Kier alpha value is -0.530. The number of nitrogens with one attached hydrogen (secondary N) is 1. The van der Waals surface area contributed by atoms with E-state index in [0.717, 1.165) is 29.6 Å². The van der Waals surface area contributed by atoms with Gasteiger partial charge in [0.1, 0.15) is 0 Å². The van der Waals surface area contributed by atoms with Crippen molar-refractivity contribution in [2.24, 2.45) is 40.4 Å². The molecule has 8 unspecified atom stereocenters. The Labute approximate surface area is 167 Å². The van der Waals surface area contributed by atoms with Crippen molar-refractivity contribution in [2.75, 3.05) is 0 Å². The fraction of sp³-hybridized carbons (Fsp3) is 0.960. The monoisotopic (exact) mass is 373 g/mol. The second kappa shape index (κ2) is 7.38. The number of amides is 1. The molecule has 0 aromatic carbocycles. The first kappa shape index (κ1) is 19.8. The number of carbonyl (C=O) groups excluding carboxylic acids is 1. The largest absolute Gasteiger partial charge is 0.354 e. The van der Waals surface area contributed by atoms with Gasteiger partial charge >= 0.3 is 0 Å². The van der Waals surface area contributed by atoms with Crippen molar-refractivity contribution in [1.82, 2.24) is 5.32 Å². The van der Waals surface area contributed by atoms with Crippen LogP contribution in [0.3, 0.4) is 0 Å². The highest BCUT2D eigenvalue weighted by atomic mass is 16.1. The smallest absolute Gasteiger partial charge is 0.217 e. The standard InChI is InChI=1S/C25H43NO/c1-5-6-7-18-9-11-22-21-10-8-19-16-20(26-17(2)27)12-14-25(19,4)23(21)13-15-24(18,22)3/h18-23H,5-16H2,1-4H3,(H,26,27). The Morgan fingerprint density at radius 3 is 2.44 bits per heavy atom. The van der Waals surface area contributed by atoms with Gasteiger partial charge in [-0.2, -0.15) is 0 Å². The lowest BCUT2D eigenvalue weighted by molar-refractivity contribution is -0.125. The van der Waals surface area contributed by atoms with Crippen LogP contribution < -0.4 is 5.32 Å². The maximum absolute atomic E-state index is 11.5. The van der Waals surface area contributed by atoms with E-state index in [2.05, 4.69) is 26.1 Å². The molecule has 0 aromatic heterocycles. The Kier molecular flexibility index (Phi) is 5.40. The van der Waals surface area contributed by atoms with Gasteiger partial charge in [0.2, 0.25) is 5.91 Å². The molecule has 27 heavy (non-hydrogen) atoms. The summed E-state index contributed by atoms with van der Waals surface area (Å²) in [5.41, 5.74) is 1.19. The molecule has 2 heteroatoms. The molecule has 0 heterocycles. The minimum absolute atomic E-state index is 0.162. The summed E-state index contributed by atoms with van der Waals surface area (Å²) >= 11 is 0. The summed E-state index contributed by atoms with van der Waals surface area (Å²) in [6, 6.07) is 0.441. The van der Waals surface area contributed by atoms with E-state index in [-0.39, 0.29) is 5.91 Å². The predicted octanol–water partition coefficient (Wildman–Crippen LogP) is 6.34. The zero-order valence-electron chi connectivity index (χ0n) is 18.4. The van der Waals surface area contributed by atoms with E-state index < -0.39 is 0 Å². The molecular formula is C25H43NO. The number of unbranched alkanes of at least 4 members (excludes halogenated alkanes) is 1. The lowest BCUT2D eigenvalue weighted by Crippen LogP contribution is -2.55. The molecule has 1 amide bonds. The topological polar surface area (TPSA) is 29.1 Å². The van der Waals surface area contributed by atoms with Gasteiger partial charge in [0.25, 0.3) is 0 Å². The van der Waals surface area contributed by atoms with E-state index in [1.165, 1.54) is 77.0 Å². The van der Waals surface area contributed by atoms with Crippen LogP contribution in [0, 0.1) is 40.4 Å². The van der Waals surface area contributed by atoms with Crippen LogP contribution in [0.2, 0.25) is 0 Å². The Morgan fingerprint density at radius 1 is 0.963 bits per heavy atom. The van der Waals surface area contributed by atoms with Crippen LogP contribution in [0.4, 0.5) is 0 Å². The molecule has 4 saturated carbocycles. The van der Waals surface area contributed by atoms with Crippen LogP contribution in [-0.4, -0.2) is 11.9 Å². The molecule has 154 valence electrons. The SMILES string of the molecule is CCCCC1CCC2C3CCC4CC(NC(C)=O)CCC4(C)C3CCC12C. The van der Waals surface area contributed by atoms with Gasteiger partial charge in [-0.15, -0.1) is 0 Å². The third-order valence-electron chi connectivity index (χ3n) is 10.2. The van der Waals surface area contributed by atoms with Crippen molar-refractivity contribution >= 4 is 5.91 Å². The lowest BCUT2D eigenvalue weighted by Gasteiger charge is -2.61. The number of rotatable bonds is 4. The molecule has 2 nitrogen and oxygen atoms in total. The zero-order valence-corrected chi connectivity index (χ0v) is 18.4. The third-order valence-corrected chi connectivity index (χ3v) is 10.2. The van der Waals surface area contributed by atoms with E-state index in [4.69, 9.17) is 0 Å². The summed E-state index contributed by atoms with van der Waals surface area (Å²) in [4.78, 5) is 11.5. The summed E-state index contributed by atoms with van der Waals surface area (Å²) in [7, 11) is 0. The van der Waals surface area contributed by atoms with E-state index in [0.29, 0.717) is 16.9 Å². The predicted molar refractivity (Wildman–Crippen MR) is 112 cm³/mol. The first-order valence-corrected chi connectivity index (χ1v) is 12.2. The van der Waals surface area contributed by atoms with Crippen molar-refractivity contribution in [3.63, 3.8) is 0 Å². The minimum atomic E-state index is 0.162. The Balaban J connectivity index is 1.48. The van der Waals surface area contributed by atoms with Crippen molar-refractivity contribution in [1.29, 1.82) is 0 Å². The molecule has 0 saturated heterocycles. The van der Waals surface area contributed by atoms with E-state index >= 15 is 0 Å². The van der Waals surface area contributed by atoms with Crippen LogP contribution in [-0.2, 0) is 4.79 Å². The quantitative estimate of drug-likeness (QED) is 0.612. The van der Waals surface area contributed by atoms with Gasteiger partial charge < -0.3 is 5.32 Å². The molecule has 0 aromatic rings. The van der Waals surface area contributed by atoms with Gasteiger partial charge in [0.05, 0.1) is 0 Å². The second-order valence-electron chi connectivity index (χ2n) is 11.3. The van der Waals surface area contributed by atoms with Crippen LogP contribution in [0.15, 0.2) is 0 Å². The summed E-state index contributed by atoms with van der Waals surface area (Å²) in [5, 5.41) is 3.23. The molecule has 0 bridgehead atoms. The van der Waals surface area contributed by atoms with E-state index in [1.807, 2.05) is 0 Å². The van der Waals surface area contributed by atoms with Gasteiger partial charge in [-0.25, -0.2) is 0 Å². The molecule has 0 aliphatic heterocycles. The van der Waals surface area contributed by atoms with Gasteiger partial charge in [-0.3, -0.25) is 4.79 Å².